The van der Waals surface area contributed by atoms with E-state index in [0.717, 1.165) is 30.9 Å². The average Bonchev–Trinajstić information content (AvgIpc) is 3.20. The maximum atomic E-state index is 10.8. The zero-order chi connectivity index (χ0) is 24.1. The van der Waals surface area contributed by atoms with Crippen LogP contribution in [0.5, 0.6) is 5.75 Å². The molecule has 1 aliphatic rings. The van der Waals surface area contributed by atoms with Crippen LogP contribution in [-0.4, -0.2) is 46.3 Å². The lowest BCUT2D eigenvalue weighted by atomic mass is 9.89. The summed E-state index contributed by atoms with van der Waals surface area (Å²) in [5.41, 5.74) is 3.68. The summed E-state index contributed by atoms with van der Waals surface area (Å²) in [6.07, 6.45) is 6.02. The molecular weight excluding hydrogens is 424 g/mol. The van der Waals surface area contributed by atoms with E-state index in [1.165, 1.54) is 35.7 Å². The molecule has 2 heterocycles. The minimum atomic E-state index is -0.814. The fraction of sp³-hybridized carbons (Fsp3) is 0.483. The van der Waals surface area contributed by atoms with Crippen molar-refractivity contribution in [3.63, 3.8) is 0 Å². The molecule has 34 heavy (non-hydrogen) atoms. The first-order valence-corrected chi connectivity index (χ1v) is 12.7. The summed E-state index contributed by atoms with van der Waals surface area (Å²) in [5, 5.41) is 10.3. The summed E-state index contributed by atoms with van der Waals surface area (Å²) in [7, 11) is 0. The molecule has 0 amide bonds. The molecule has 1 aliphatic heterocycles. The van der Waals surface area contributed by atoms with Crippen LogP contribution in [0.3, 0.4) is 0 Å². The standard InChI is InChI=1S/C29H38N2O3/c1-21(2)12-15-31-19-27(26-6-4-5-7-28(26)31)24-13-16-30(17-14-24)22(3)20-34-25-10-8-23(9-11-25)18-29(32)33/h4-11,19,21-22,24H,12-18,20H2,1-3H3,(H,32,33). The third-order valence-electron chi connectivity index (χ3n) is 7.13. The Morgan fingerprint density at radius 1 is 1.06 bits per heavy atom. The summed E-state index contributed by atoms with van der Waals surface area (Å²) in [6.45, 7) is 10.7. The molecule has 1 fully saturated rings. The minimum Gasteiger partial charge on any atom is -0.492 e. The van der Waals surface area contributed by atoms with Crippen molar-refractivity contribution >= 4 is 16.9 Å². The van der Waals surface area contributed by atoms with Gasteiger partial charge in [-0.15, -0.1) is 0 Å². The number of carboxylic acid groups (broad SMARTS) is 1. The number of nitrogens with zero attached hydrogens (tertiary/aromatic N) is 2. The number of aryl methyl sites for hydroxylation is 1. The first-order chi connectivity index (χ1) is 16.4. The van der Waals surface area contributed by atoms with Gasteiger partial charge in [-0.05, 0) is 80.4 Å². The Morgan fingerprint density at radius 2 is 1.76 bits per heavy atom. The predicted molar refractivity (Wildman–Crippen MR) is 138 cm³/mol. The van der Waals surface area contributed by atoms with Crippen molar-refractivity contribution in [1.29, 1.82) is 0 Å². The third kappa shape index (κ3) is 6.01. The second-order valence-electron chi connectivity index (χ2n) is 10.2. The van der Waals surface area contributed by atoms with Crippen LogP contribution >= 0.6 is 0 Å². The Labute approximate surface area is 203 Å². The Kier molecular flexibility index (Phi) is 7.94. The Morgan fingerprint density at radius 3 is 2.44 bits per heavy atom. The molecule has 2 aromatic carbocycles. The summed E-state index contributed by atoms with van der Waals surface area (Å²) in [6, 6.07) is 16.6. The second kappa shape index (κ2) is 11.1. The first-order valence-electron chi connectivity index (χ1n) is 12.7. The van der Waals surface area contributed by atoms with Gasteiger partial charge in [0.2, 0.25) is 0 Å². The smallest absolute Gasteiger partial charge is 0.307 e. The van der Waals surface area contributed by atoms with Gasteiger partial charge < -0.3 is 14.4 Å². The number of aromatic nitrogens is 1. The van der Waals surface area contributed by atoms with Gasteiger partial charge in [-0.1, -0.05) is 44.2 Å². The summed E-state index contributed by atoms with van der Waals surface area (Å²) in [4.78, 5) is 13.4. The highest BCUT2D eigenvalue weighted by Gasteiger charge is 2.26. The predicted octanol–water partition coefficient (Wildman–Crippen LogP) is 5.96. The van der Waals surface area contributed by atoms with Crippen molar-refractivity contribution in [3.8, 4) is 5.75 Å². The Hall–Kier alpha value is -2.79. The van der Waals surface area contributed by atoms with Crippen molar-refractivity contribution in [2.45, 2.75) is 65.0 Å². The van der Waals surface area contributed by atoms with E-state index in [4.69, 9.17) is 9.84 Å². The summed E-state index contributed by atoms with van der Waals surface area (Å²) >= 11 is 0. The van der Waals surface area contributed by atoms with Gasteiger partial charge in [0.15, 0.2) is 0 Å². The number of hydrogen-bond donors (Lipinski definition) is 1. The van der Waals surface area contributed by atoms with Gasteiger partial charge in [-0.3, -0.25) is 9.69 Å². The Balaban J connectivity index is 1.32. The van der Waals surface area contributed by atoms with E-state index in [2.05, 4.69) is 60.7 Å². The lowest BCUT2D eigenvalue weighted by Gasteiger charge is -2.36. The van der Waals surface area contributed by atoms with E-state index in [1.54, 1.807) is 0 Å². The highest BCUT2D eigenvalue weighted by molar-refractivity contribution is 5.84. The largest absolute Gasteiger partial charge is 0.492 e. The molecule has 1 N–H and O–H groups in total. The molecule has 4 rings (SSSR count). The van der Waals surface area contributed by atoms with E-state index in [0.29, 0.717) is 24.5 Å². The van der Waals surface area contributed by atoms with Gasteiger partial charge in [-0.25, -0.2) is 0 Å². The van der Waals surface area contributed by atoms with Crippen molar-refractivity contribution in [3.05, 3.63) is 65.9 Å². The number of benzene rings is 2. The number of carbonyl (C=O) groups is 1. The van der Waals surface area contributed by atoms with Gasteiger partial charge in [0.25, 0.3) is 0 Å². The Bertz CT molecular complexity index is 1080. The number of rotatable bonds is 10. The lowest BCUT2D eigenvalue weighted by molar-refractivity contribution is -0.136. The number of aliphatic carboxylic acids is 1. The average molecular weight is 463 g/mol. The van der Waals surface area contributed by atoms with Gasteiger partial charge >= 0.3 is 5.97 Å². The molecule has 0 radical (unpaired) electrons. The van der Waals surface area contributed by atoms with Crippen LogP contribution in [0.1, 0.15) is 57.1 Å². The quantitative estimate of drug-likeness (QED) is 0.404. The molecule has 182 valence electrons. The van der Waals surface area contributed by atoms with Crippen LogP contribution in [0, 0.1) is 5.92 Å². The van der Waals surface area contributed by atoms with E-state index in [1.807, 2.05) is 24.3 Å². The van der Waals surface area contributed by atoms with Crippen LogP contribution in [0.15, 0.2) is 54.7 Å². The van der Waals surface area contributed by atoms with Crippen molar-refractivity contribution in [2.75, 3.05) is 19.7 Å². The van der Waals surface area contributed by atoms with Crippen LogP contribution in [-0.2, 0) is 17.8 Å². The molecule has 1 saturated heterocycles. The number of likely N-dealkylation sites (tertiary alicyclic amines) is 1. The molecule has 5 heteroatoms. The zero-order valence-electron chi connectivity index (χ0n) is 20.7. The molecule has 3 aromatic rings. The van der Waals surface area contributed by atoms with Crippen LogP contribution in [0.4, 0.5) is 0 Å². The van der Waals surface area contributed by atoms with Gasteiger partial charge in [0, 0.05) is 29.7 Å². The third-order valence-corrected chi connectivity index (χ3v) is 7.13. The van der Waals surface area contributed by atoms with Crippen LogP contribution < -0.4 is 4.74 Å². The van der Waals surface area contributed by atoms with Gasteiger partial charge in [-0.2, -0.15) is 0 Å². The molecule has 1 unspecified atom stereocenters. The molecule has 1 atom stereocenters. The summed E-state index contributed by atoms with van der Waals surface area (Å²) in [5.74, 6) is 1.30. The molecule has 0 bridgehead atoms. The highest BCUT2D eigenvalue weighted by atomic mass is 16.5. The van der Waals surface area contributed by atoms with E-state index >= 15 is 0 Å². The molecule has 0 aliphatic carbocycles. The number of para-hydroxylation sites is 1. The van der Waals surface area contributed by atoms with E-state index < -0.39 is 5.97 Å². The number of fused-ring (bicyclic) bond motifs is 1. The molecular formula is C29H38N2O3. The molecule has 1 aromatic heterocycles. The number of carboxylic acids is 1. The molecule has 0 spiro atoms. The molecule has 0 saturated carbocycles. The number of ether oxygens (including phenoxy) is 1. The maximum Gasteiger partial charge on any atom is 0.307 e. The normalized spacial score (nSPS) is 16.2. The summed E-state index contributed by atoms with van der Waals surface area (Å²) < 4.78 is 8.47. The molecule has 5 nitrogen and oxygen atoms in total. The van der Waals surface area contributed by atoms with E-state index in [-0.39, 0.29) is 6.42 Å². The first kappa shape index (κ1) is 24.3. The van der Waals surface area contributed by atoms with Crippen LogP contribution in [0.25, 0.3) is 10.9 Å². The number of piperidine rings is 1. The lowest BCUT2D eigenvalue weighted by Crippen LogP contribution is -2.42. The fourth-order valence-electron chi connectivity index (χ4n) is 5.03. The number of hydrogen-bond acceptors (Lipinski definition) is 3. The van der Waals surface area contributed by atoms with E-state index in [9.17, 15) is 4.79 Å². The van der Waals surface area contributed by atoms with Gasteiger partial charge in [0.1, 0.15) is 12.4 Å². The van der Waals surface area contributed by atoms with Crippen molar-refractivity contribution in [2.24, 2.45) is 5.92 Å². The van der Waals surface area contributed by atoms with Crippen molar-refractivity contribution in [1.82, 2.24) is 9.47 Å². The fourth-order valence-corrected chi connectivity index (χ4v) is 5.03. The van der Waals surface area contributed by atoms with Crippen molar-refractivity contribution < 1.29 is 14.6 Å². The maximum absolute atomic E-state index is 10.8. The van der Waals surface area contributed by atoms with Gasteiger partial charge in [0.05, 0.1) is 6.42 Å². The van der Waals surface area contributed by atoms with Crippen LogP contribution in [0.2, 0.25) is 0 Å². The topological polar surface area (TPSA) is 54.7 Å². The second-order valence-corrected chi connectivity index (χ2v) is 10.2. The highest BCUT2D eigenvalue weighted by Crippen LogP contribution is 2.35. The monoisotopic (exact) mass is 462 g/mol. The minimum absolute atomic E-state index is 0.0437. The SMILES string of the molecule is CC(C)CCn1cc(C2CCN(C(C)COc3ccc(CC(=O)O)cc3)CC2)c2ccccc21. The zero-order valence-corrected chi connectivity index (χ0v) is 20.7.